The van der Waals surface area contributed by atoms with E-state index in [9.17, 15) is 9.59 Å². The normalized spacial score (nSPS) is 20.0. The van der Waals surface area contributed by atoms with Gasteiger partial charge in [0.25, 0.3) is 5.91 Å². The number of amides is 2. The van der Waals surface area contributed by atoms with Gasteiger partial charge < -0.3 is 5.32 Å². The fraction of sp³-hybridized carbons (Fsp3) is 0.167. The Bertz CT molecular complexity index is 1240. The third-order valence-electron chi connectivity index (χ3n) is 5.34. The van der Waals surface area contributed by atoms with E-state index in [1.54, 1.807) is 35.6 Å². The van der Waals surface area contributed by atoms with E-state index in [0.717, 1.165) is 22.6 Å². The Morgan fingerprint density at radius 1 is 1.09 bits per heavy atom. The fourth-order valence-electron chi connectivity index (χ4n) is 3.75. The second-order valence-corrected chi connectivity index (χ2v) is 10.1. The maximum atomic E-state index is 12.7. The van der Waals surface area contributed by atoms with E-state index >= 15 is 0 Å². The standard InChI is InChI=1S/C24H19ClN4O2S2/c25-16-9-4-5-10-17(16)26-22(30)14-21-23(31)27-24(33-21)29-19(15-7-2-1-3-8-15)13-18(28-29)20-11-6-12-32-20/h1-12,19,21H,13-14H2,(H,26,30)/t19-,21-/m1/s1. The van der Waals surface area contributed by atoms with Gasteiger partial charge in [0.2, 0.25) is 5.91 Å². The highest BCUT2D eigenvalue weighted by Gasteiger charge is 2.39. The van der Waals surface area contributed by atoms with Crippen molar-refractivity contribution in [2.75, 3.05) is 5.32 Å². The van der Waals surface area contributed by atoms with Gasteiger partial charge in [0, 0.05) is 12.8 Å². The number of amidine groups is 1. The van der Waals surface area contributed by atoms with Gasteiger partial charge in [-0.1, -0.05) is 71.9 Å². The molecular formula is C24H19ClN4O2S2. The molecule has 0 fully saturated rings. The van der Waals surface area contributed by atoms with E-state index in [-0.39, 0.29) is 24.3 Å². The first-order chi connectivity index (χ1) is 16.1. The predicted molar refractivity (Wildman–Crippen MR) is 135 cm³/mol. The molecule has 2 aromatic carbocycles. The van der Waals surface area contributed by atoms with Crippen molar-refractivity contribution in [3.8, 4) is 0 Å². The van der Waals surface area contributed by atoms with E-state index in [4.69, 9.17) is 16.7 Å². The van der Waals surface area contributed by atoms with Crippen LogP contribution in [0.3, 0.4) is 0 Å². The van der Waals surface area contributed by atoms with Gasteiger partial charge in [-0.25, -0.2) is 5.01 Å². The number of para-hydroxylation sites is 1. The molecular weight excluding hydrogens is 476 g/mol. The SMILES string of the molecule is O=C(C[C@H]1SC(N2N=C(c3cccs3)C[C@@H]2c2ccccc2)=NC1=O)Nc1ccccc1Cl. The van der Waals surface area contributed by atoms with Crippen LogP contribution in [-0.2, 0) is 9.59 Å². The molecule has 166 valence electrons. The molecule has 33 heavy (non-hydrogen) atoms. The van der Waals surface area contributed by atoms with Crippen molar-refractivity contribution < 1.29 is 9.59 Å². The fourth-order valence-corrected chi connectivity index (χ4v) is 5.72. The molecule has 0 radical (unpaired) electrons. The largest absolute Gasteiger partial charge is 0.325 e. The summed E-state index contributed by atoms with van der Waals surface area (Å²) >= 11 is 9.05. The van der Waals surface area contributed by atoms with Gasteiger partial charge in [-0.15, -0.1) is 11.3 Å². The summed E-state index contributed by atoms with van der Waals surface area (Å²) < 4.78 is 0. The molecule has 0 saturated carbocycles. The number of thiophene rings is 1. The van der Waals surface area contributed by atoms with E-state index in [1.165, 1.54) is 11.8 Å². The van der Waals surface area contributed by atoms with Crippen molar-refractivity contribution >= 4 is 63.1 Å². The van der Waals surface area contributed by atoms with Crippen molar-refractivity contribution in [2.45, 2.75) is 24.1 Å². The molecule has 6 nitrogen and oxygen atoms in total. The highest BCUT2D eigenvalue weighted by atomic mass is 35.5. The number of anilines is 1. The molecule has 0 bridgehead atoms. The van der Waals surface area contributed by atoms with Crippen LogP contribution in [-0.4, -0.2) is 33.0 Å². The molecule has 5 rings (SSSR count). The second-order valence-electron chi connectivity index (χ2n) is 7.57. The third kappa shape index (κ3) is 4.73. The number of benzene rings is 2. The van der Waals surface area contributed by atoms with Crippen LogP contribution < -0.4 is 5.32 Å². The van der Waals surface area contributed by atoms with E-state index in [0.29, 0.717) is 15.9 Å². The van der Waals surface area contributed by atoms with Crippen molar-refractivity contribution in [1.29, 1.82) is 0 Å². The molecule has 1 aromatic heterocycles. The monoisotopic (exact) mass is 494 g/mol. The Morgan fingerprint density at radius 3 is 2.64 bits per heavy atom. The minimum absolute atomic E-state index is 0.00701. The number of carbonyl (C=O) groups excluding carboxylic acids is 2. The first-order valence-corrected chi connectivity index (χ1v) is 12.5. The molecule has 2 aliphatic heterocycles. The van der Waals surface area contributed by atoms with Crippen molar-refractivity contribution in [2.24, 2.45) is 10.1 Å². The average molecular weight is 495 g/mol. The Morgan fingerprint density at radius 2 is 1.88 bits per heavy atom. The zero-order valence-electron chi connectivity index (χ0n) is 17.3. The Labute approximate surface area is 204 Å². The van der Waals surface area contributed by atoms with Gasteiger partial charge in [0.05, 0.1) is 27.3 Å². The van der Waals surface area contributed by atoms with Crippen LogP contribution >= 0.6 is 34.7 Å². The van der Waals surface area contributed by atoms with Crippen LogP contribution in [0.1, 0.15) is 29.3 Å². The van der Waals surface area contributed by atoms with Crippen LogP contribution in [0.25, 0.3) is 0 Å². The number of halogens is 1. The minimum atomic E-state index is -0.597. The Hall–Kier alpha value is -2.94. The van der Waals surface area contributed by atoms with Gasteiger partial charge >= 0.3 is 0 Å². The number of rotatable bonds is 5. The summed E-state index contributed by atoms with van der Waals surface area (Å²) in [4.78, 5) is 30.6. The summed E-state index contributed by atoms with van der Waals surface area (Å²) in [7, 11) is 0. The number of hydrogen-bond acceptors (Lipinski definition) is 6. The lowest BCUT2D eigenvalue weighted by Crippen LogP contribution is -2.25. The summed E-state index contributed by atoms with van der Waals surface area (Å²) in [6, 6.07) is 21.1. The number of hydrazone groups is 1. The third-order valence-corrected chi connectivity index (χ3v) is 7.73. The molecule has 2 amide bonds. The van der Waals surface area contributed by atoms with Crippen molar-refractivity contribution in [3.63, 3.8) is 0 Å². The average Bonchev–Trinajstić information content (AvgIpc) is 3.56. The number of hydrogen-bond donors (Lipinski definition) is 1. The number of thioether (sulfide) groups is 1. The highest BCUT2D eigenvalue weighted by Crippen LogP contribution is 2.39. The van der Waals surface area contributed by atoms with Gasteiger partial charge in [-0.2, -0.15) is 10.1 Å². The van der Waals surface area contributed by atoms with E-state index in [2.05, 4.69) is 22.4 Å². The van der Waals surface area contributed by atoms with Gasteiger partial charge in [-0.05, 0) is 29.1 Å². The molecule has 2 atom stereocenters. The zero-order chi connectivity index (χ0) is 22.8. The molecule has 0 spiro atoms. The van der Waals surface area contributed by atoms with Crippen LogP contribution in [0.4, 0.5) is 5.69 Å². The highest BCUT2D eigenvalue weighted by molar-refractivity contribution is 8.15. The van der Waals surface area contributed by atoms with Gasteiger partial charge in [-0.3, -0.25) is 9.59 Å². The first kappa shape index (κ1) is 21.9. The molecule has 1 N–H and O–H groups in total. The summed E-state index contributed by atoms with van der Waals surface area (Å²) in [6.45, 7) is 0. The maximum Gasteiger partial charge on any atom is 0.262 e. The Kier molecular flexibility index (Phi) is 6.30. The van der Waals surface area contributed by atoms with Crippen molar-refractivity contribution in [1.82, 2.24) is 5.01 Å². The molecule has 2 aliphatic rings. The summed E-state index contributed by atoms with van der Waals surface area (Å²) in [5.41, 5.74) is 2.59. The maximum absolute atomic E-state index is 12.7. The molecule has 0 saturated heterocycles. The van der Waals surface area contributed by atoms with Crippen LogP contribution in [0, 0.1) is 0 Å². The number of nitrogens with zero attached hydrogens (tertiary/aromatic N) is 3. The number of carbonyl (C=O) groups is 2. The van der Waals surface area contributed by atoms with Gasteiger partial charge in [0.1, 0.15) is 5.25 Å². The Balaban J connectivity index is 1.33. The van der Waals surface area contributed by atoms with Crippen molar-refractivity contribution in [3.05, 3.63) is 87.6 Å². The second kappa shape index (κ2) is 9.51. The lowest BCUT2D eigenvalue weighted by molar-refractivity contribution is -0.121. The topological polar surface area (TPSA) is 74.1 Å². The molecule has 3 aromatic rings. The molecule has 9 heteroatoms. The van der Waals surface area contributed by atoms with Crippen LogP contribution in [0.5, 0.6) is 0 Å². The van der Waals surface area contributed by atoms with Gasteiger partial charge in [0.15, 0.2) is 5.17 Å². The van der Waals surface area contributed by atoms with E-state index < -0.39 is 5.25 Å². The van der Waals surface area contributed by atoms with E-state index in [1.807, 2.05) is 40.7 Å². The molecule has 0 unspecified atom stereocenters. The predicted octanol–water partition coefficient (Wildman–Crippen LogP) is 5.58. The molecule has 0 aliphatic carbocycles. The summed E-state index contributed by atoms with van der Waals surface area (Å²) in [5.74, 6) is -0.606. The number of nitrogens with one attached hydrogen (secondary N) is 1. The lowest BCUT2D eigenvalue weighted by atomic mass is 10.0. The minimum Gasteiger partial charge on any atom is -0.325 e. The first-order valence-electron chi connectivity index (χ1n) is 10.4. The smallest absolute Gasteiger partial charge is 0.262 e. The quantitative estimate of drug-likeness (QED) is 0.502. The summed E-state index contributed by atoms with van der Waals surface area (Å²) in [6.07, 6.45) is 0.725. The van der Waals surface area contributed by atoms with Crippen LogP contribution in [0.2, 0.25) is 5.02 Å². The summed E-state index contributed by atoms with van der Waals surface area (Å²) in [5, 5.41) is 11.8. The zero-order valence-corrected chi connectivity index (χ0v) is 19.7. The molecule has 3 heterocycles. The number of aliphatic imine (C=N–C) groups is 1. The lowest BCUT2D eigenvalue weighted by Gasteiger charge is -2.23. The van der Waals surface area contributed by atoms with Crippen LogP contribution in [0.15, 0.2) is 82.2 Å².